The van der Waals surface area contributed by atoms with Crippen LogP contribution in [0.3, 0.4) is 0 Å². The number of imidazole rings is 1. The summed E-state index contributed by atoms with van der Waals surface area (Å²) >= 11 is 3.54. The Kier molecular flexibility index (Phi) is 3.06. The van der Waals surface area contributed by atoms with Crippen LogP contribution in [0.15, 0.2) is 77.3 Å². The van der Waals surface area contributed by atoms with Crippen molar-refractivity contribution >= 4 is 32.7 Å². The number of aromatic nitrogens is 2. The molecule has 122 valence electrons. The van der Waals surface area contributed by atoms with Gasteiger partial charge in [-0.15, -0.1) is 0 Å². The van der Waals surface area contributed by atoms with Crippen LogP contribution in [0, 0.1) is 0 Å². The van der Waals surface area contributed by atoms with Gasteiger partial charge in [-0.3, -0.25) is 4.57 Å². The van der Waals surface area contributed by atoms with Gasteiger partial charge in [0.05, 0.1) is 11.0 Å². The third-order valence-corrected chi connectivity index (χ3v) is 5.49. The van der Waals surface area contributed by atoms with Crippen LogP contribution in [0.4, 0.5) is 5.69 Å². The van der Waals surface area contributed by atoms with Crippen LogP contribution in [0.5, 0.6) is 0 Å². The molecule has 4 heteroatoms. The molecule has 4 aromatic rings. The molecule has 1 aromatic heterocycles. The Hall–Kier alpha value is -2.59. The minimum absolute atomic E-state index is 0.416. The lowest BCUT2D eigenvalue weighted by Crippen LogP contribution is -2.42. The van der Waals surface area contributed by atoms with E-state index in [0.29, 0.717) is 0 Å². The highest BCUT2D eigenvalue weighted by molar-refractivity contribution is 9.10. The predicted molar refractivity (Wildman–Crippen MR) is 106 cm³/mol. The maximum Gasteiger partial charge on any atom is 0.145 e. The molecular weight excluding hydrogens is 374 g/mol. The molecule has 0 radical (unpaired) electrons. The fourth-order valence-corrected chi connectivity index (χ4v) is 4.00. The lowest BCUT2D eigenvalue weighted by atomic mass is 9.96. The first-order valence-corrected chi connectivity index (χ1v) is 9.08. The Labute approximate surface area is 154 Å². The van der Waals surface area contributed by atoms with Crippen LogP contribution in [0.25, 0.3) is 22.4 Å². The summed E-state index contributed by atoms with van der Waals surface area (Å²) in [4.78, 5) is 4.95. The van der Waals surface area contributed by atoms with Crippen molar-refractivity contribution in [2.45, 2.75) is 12.6 Å². The monoisotopic (exact) mass is 389 g/mol. The highest BCUT2D eigenvalue weighted by Gasteiger charge is 2.37. The minimum Gasteiger partial charge on any atom is -0.358 e. The molecule has 0 saturated carbocycles. The van der Waals surface area contributed by atoms with Gasteiger partial charge in [0.2, 0.25) is 0 Å². The van der Waals surface area contributed by atoms with Crippen LogP contribution in [0.2, 0.25) is 0 Å². The molecule has 0 saturated heterocycles. The molecule has 3 nitrogen and oxygen atoms in total. The van der Waals surface area contributed by atoms with Gasteiger partial charge in [0.25, 0.3) is 0 Å². The first kappa shape index (κ1) is 14.7. The number of nitrogens with zero attached hydrogens (tertiary/aromatic N) is 2. The van der Waals surface area contributed by atoms with E-state index in [1.807, 2.05) is 6.07 Å². The molecule has 0 spiro atoms. The maximum atomic E-state index is 4.95. The number of anilines is 1. The molecule has 0 unspecified atom stereocenters. The summed E-state index contributed by atoms with van der Waals surface area (Å²) in [5.41, 5.74) is 5.16. The van der Waals surface area contributed by atoms with E-state index in [9.17, 15) is 0 Å². The Morgan fingerprint density at radius 2 is 1.64 bits per heavy atom. The second-order valence-electron chi connectivity index (χ2n) is 6.51. The largest absolute Gasteiger partial charge is 0.358 e. The molecule has 2 heterocycles. The first-order valence-electron chi connectivity index (χ1n) is 8.28. The van der Waals surface area contributed by atoms with Crippen molar-refractivity contribution in [3.8, 4) is 11.4 Å². The molecule has 1 aliphatic rings. The topological polar surface area (TPSA) is 29.9 Å². The summed E-state index contributed by atoms with van der Waals surface area (Å²) < 4.78 is 3.39. The van der Waals surface area contributed by atoms with Gasteiger partial charge in [0.15, 0.2) is 0 Å². The molecule has 0 fully saturated rings. The van der Waals surface area contributed by atoms with Crippen molar-refractivity contribution in [3.05, 3.63) is 82.8 Å². The number of halogens is 1. The molecule has 0 amide bonds. The van der Waals surface area contributed by atoms with Crippen molar-refractivity contribution in [2.75, 3.05) is 5.32 Å². The molecule has 0 aliphatic carbocycles. The molecule has 1 atom stereocenters. The zero-order valence-electron chi connectivity index (χ0n) is 13.7. The molecule has 3 aromatic carbocycles. The van der Waals surface area contributed by atoms with Crippen LogP contribution >= 0.6 is 15.9 Å². The Bertz CT molecular complexity index is 1100. The standard InChI is InChI=1S/C21H16BrN3/c1-21(14-10-12-15(22)13-11-14)24-17-7-3-2-6-16(17)20-23-18-8-4-5-9-19(18)25(20)21/h2-13,24H,1H3/t21-/m0/s1. The highest BCUT2D eigenvalue weighted by atomic mass is 79.9. The molecule has 5 rings (SSSR count). The van der Waals surface area contributed by atoms with Crippen LogP contribution in [-0.2, 0) is 5.66 Å². The lowest BCUT2D eigenvalue weighted by Gasteiger charge is -2.40. The third kappa shape index (κ3) is 2.07. The van der Waals surface area contributed by atoms with Gasteiger partial charge in [-0.1, -0.05) is 52.3 Å². The van der Waals surface area contributed by atoms with Crippen molar-refractivity contribution in [3.63, 3.8) is 0 Å². The minimum atomic E-state index is -0.416. The number of hydrogen-bond donors (Lipinski definition) is 1. The van der Waals surface area contributed by atoms with E-state index in [1.54, 1.807) is 0 Å². The van der Waals surface area contributed by atoms with E-state index in [0.717, 1.165) is 32.6 Å². The summed E-state index contributed by atoms with van der Waals surface area (Å²) in [6.45, 7) is 2.21. The third-order valence-electron chi connectivity index (χ3n) is 4.96. The zero-order valence-corrected chi connectivity index (χ0v) is 15.3. The number of fused-ring (bicyclic) bond motifs is 5. The highest BCUT2D eigenvalue weighted by Crippen LogP contribution is 2.43. The fraction of sp³-hybridized carbons (Fsp3) is 0.0952. The summed E-state index contributed by atoms with van der Waals surface area (Å²) in [7, 11) is 0. The Morgan fingerprint density at radius 1 is 0.920 bits per heavy atom. The van der Waals surface area contributed by atoms with Crippen LogP contribution in [0.1, 0.15) is 12.5 Å². The van der Waals surface area contributed by atoms with E-state index >= 15 is 0 Å². The number of nitrogens with one attached hydrogen (secondary N) is 1. The van der Waals surface area contributed by atoms with Crippen molar-refractivity contribution in [1.82, 2.24) is 9.55 Å². The first-order chi connectivity index (χ1) is 12.2. The van der Waals surface area contributed by atoms with Gasteiger partial charge in [0, 0.05) is 15.7 Å². The molecular formula is C21H16BrN3. The Morgan fingerprint density at radius 3 is 2.48 bits per heavy atom. The van der Waals surface area contributed by atoms with Gasteiger partial charge >= 0.3 is 0 Å². The van der Waals surface area contributed by atoms with Gasteiger partial charge in [-0.05, 0) is 48.9 Å². The second kappa shape index (κ2) is 5.20. The average molecular weight is 390 g/mol. The summed E-state index contributed by atoms with van der Waals surface area (Å²) in [6, 6.07) is 25.2. The summed E-state index contributed by atoms with van der Waals surface area (Å²) in [6.07, 6.45) is 0. The average Bonchev–Trinajstić information content (AvgIpc) is 3.03. The number of para-hydroxylation sites is 3. The van der Waals surface area contributed by atoms with Crippen LogP contribution in [-0.4, -0.2) is 9.55 Å². The zero-order chi connectivity index (χ0) is 17.0. The normalized spacial score (nSPS) is 18.5. The number of benzene rings is 3. The van der Waals surface area contributed by atoms with E-state index in [1.165, 1.54) is 5.56 Å². The van der Waals surface area contributed by atoms with Crippen molar-refractivity contribution in [1.29, 1.82) is 0 Å². The second-order valence-corrected chi connectivity index (χ2v) is 7.42. The SMILES string of the molecule is C[C@]1(c2ccc(Br)cc2)Nc2ccccc2-c2nc3ccccc3n21. The van der Waals surface area contributed by atoms with E-state index in [-0.39, 0.29) is 0 Å². The van der Waals surface area contributed by atoms with E-state index in [2.05, 4.69) is 99.5 Å². The quantitative estimate of drug-likeness (QED) is 0.458. The lowest BCUT2D eigenvalue weighted by molar-refractivity contribution is 0.463. The molecule has 1 N–H and O–H groups in total. The fourth-order valence-electron chi connectivity index (χ4n) is 3.74. The van der Waals surface area contributed by atoms with E-state index < -0.39 is 5.66 Å². The van der Waals surface area contributed by atoms with Gasteiger partial charge in [-0.2, -0.15) is 0 Å². The van der Waals surface area contributed by atoms with Gasteiger partial charge < -0.3 is 5.32 Å². The van der Waals surface area contributed by atoms with E-state index in [4.69, 9.17) is 4.98 Å². The van der Waals surface area contributed by atoms with Crippen molar-refractivity contribution < 1.29 is 0 Å². The van der Waals surface area contributed by atoms with Gasteiger partial charge in [-0.25, -0.2) is 4.98 Å². The molecule has 25 heavy (non-hydrogen) atoms. The van der Waals surface area contributed by atoms with Crippen molar-refractivity contribution in [2.24, 2.45) is 0 Å². The summed E-state index contributed by atoms with van der Waals surface area (Å²) in [5.74, 6) is 1.00. The molecule has 0 bridgehead atoms. The predicted octanol–water partition coefficient (Wildman–Crippen LogP) is 5.61. The summed E-state index contributed by atoms with van der Waals surface area (Å²) in [5, 5.41) is 3.75. The smallest absolute Gasteiger partial charge is 0.145 e. The number of hydrogen-bond acceptors (Lipinski definition) is 2. The number of rotatable bonds is 1. The Balaban J connectivity index is 1.87. The van der Waals surface area contributed by atoms with Crippen LogP contribution < -0.4 is 5.32 Å². The maximum absolute atomic E-state index is 4.95. The van der Waals surface area contributed by atoms with Gasteiger partial charge in [0.1, 0.15) is 11.5 Å². The molecule has 1 aliphatic heterocycles.